The van der Waals surface area contributed by atoms with Crippen LogP contribution in [0.5, 0.6) is 0 Å². The molecule has 0 atom stereocenters. The third-order valence-electron chi connectivity index (χ3n) is 3.71. The summed E-state index contributed by atoms with van der Waals surface area (Å²) < 4.78 is 0. The number of hydrogen-bond donors (Lipinski definition) is 1. The van der Waals surface area contributed by atoms with Crippen molar-refractivity contribution >= 4 is 17.7 Å². The summed E-state index contributed by atoms with van der Waals surface area (Å²) in [5.74, 6) is -0.178. The van der Waals surface area contributed by atoms with E-state index in [1.54, 1.807) is 18.2 Å². The highest BCUT2D eigenvalue weighted by Gasteiger charge is 2.12. The minimum Gasteiger partial charge on any atom is -0.323 e. The second kappa shape index (κ2) is 7.61. The van der Waals surface area contributed by atoms with Crippen molar-refractivity contribution in [3.05, 3.63) is 71.3 Å². The van der Waals surface area contributed by atoms with Crippen LogP contribution in [0.1, 0.15) is 37.5 Å². The van der Waals surface area contributed by atoms with Gasteiger partial charge in [0.05, 0.1) is 12.5 Å². The lowest BCUT2D eigenvalue weighted by molar-refractivity contribution is -0.111. The Morgan fingerprint density at radius 1 is 1.08 bits per heavy atom. The van der Waals surface area contributed by atoms with Crippen LogP contribution in [0.25, 0.3) is 6.08 Å². The van der Waals surface area contributed by atoms with Crippen LogP contribution in [-0.4, -0.2) is 5.91 Å². The maximum absolute atomic E-state index is 12.0. The summed E-state index contributed by atoms with van der Waals surface area (Å²) in [6.45, 7) is 6.52. The van der Waals surface area contributed by atoms with E-state index in [-0.39, 0.29) is 11.3 Å². The number of nitrogens with one attached hydrogen (secondary N) is 1. The molecule has 0 unspecified atom stereocenters. The van der Waals surface area contributed by atoms with Crippen molar-refractivity contribution in [2.24, 2.45) is 0 Å². The Labute approximate surface area is 143 Å². The molecule has 3 heteroatoms. The van der Waals surface area contributed by atoms with E-state index in [0.717, 1.165) is 16.8 Å². The Balaban J connectivity index is 1.96. The number of benzene rings is 2. The highest BCUT2D eigenvalue weighted by atomic mass is 16.1. The van der Waals surface area contributed by atoms with Gasteiger partial charge in [0.15, 0.2) is 0 Å². The zero-order chi connectivity index (χ0) is 17.6. The van der Waals surface area contributed by atoms with Gasteiger partial charge in [-0.25, -0.2) is 0 Å². The van der Waals surface area contributed by atoms with Gasteiger partial charge in [-0.3, -0.25) is 4.79 Å². The molecule has 2 aromatic carbocycles. The summed E-state index contributed by atoms with van der Waals surface area (Å²) in [5.41, 5.74) is 4.03. The molecule has 3 nitrogen and oxygen atoms in total. The SMILES string of the molecule is CC(C)(C)c1ccc(/C=C/C(=O)Nc2ccc(CC#N)cc2)cc1. The van der Waals surface area contributed by atoms with Gasteiger partial charge < -0.3 is 5.32 Å². The van der Waals surface area contributed by atoms with Crippen molar-refractivity contribution < 1.29 is 4.79 Å². The van der Waals surface area contributed by atoms with Crippen molar-refractivity contribution in [3.63, 3.8) is 0 Å². The Bertz CT molecular complexity index is 757. The number of hydrogen-bond acceptors (Lipinski definition) is 2. The standard InChI is InChI=1S/C21H22N2O/c1-21(2,3)18-9-4-16(5-10-18)8-13-20(24)23-19-11-6-17(7-12-19)14-15-22/h4-13H,14H2,1-3H3,(H,23,24)/b13-8+. The summed E-state index contributed by atoms with van der Waals surface area (Å²) >= 11 is 0. The number of nitrogens with zero attached hydrogens (tertiary/aromatic N) is 1. The average molecular weight is 318 g/mol. The molecule has 0 aromatic heterocycles. The molecular weight excluding hydrogens is 296 g/mol. The molecule has 24 heavy (non-hydrogen) atoms. The van der Waals surface area contributed by atoms with E-state index in [0.29, 0.717) is 6.42 Å². The molecule has 0 fully saturated rings. The maximum atomic E-state index is 12.0. The molecule has 2 rings (SSSR count). The highest BCUT2D eigenvalue weighted by molar-refractivity contribution is 6.01. The zero-order valence-corrected chi connectivity index (χ0v) is 14.3. The number of carbonyl (C=O) groups is 1. The summed E-state index contributed by atoms with van der Waals surface area (Å²) in [6.07, 6.45) is 3.69. The van der Waals surface area contributed by atoms with Gasteiger partial charge in [0.2, 0.25) is 5.91 Å². The fourth-order valence-corrected chi connectivity index (χ4v) is 2.25. The lowest BCUT2D eigenvalue weighted by Crippen LogP contribution is -2.10. The van der Waals surface area contributed by atoms with E-state index < -0.39 is 0 Å². The van der Waals surface area contributed by atoms with Crippen LogP contribution in [0.2, 0.25) is 0 Å². The summed E-state index contributed by atoms with van der Waals surface area (Å²) in [5, 5.41) is 11.5. The van der Waals surface area contributed by atoms with E-state index in [4.69, 9.17) is 5.26 Å². The van der Waals surface area contributed by atoms with Gasteiger partial charge in [-0.2, -0.15) is 5.26 Å². The number of amides is 1. The largest absolute Gasteiger partial charge is 0.323 e. The summed E-state index contributed by atoms with van der Waals surface area (Å²) in [4.78, 5) is 12.0. The first-order valence-corrected chi connectivity index (χ1v) is 7.94. The maximum Gasteiger partial charge on any atom is 0.248 e. The molecule has 0 aliphatic carbocycles. The lowest BCUT2D eigenvalue weighted by atomic mass is 9.87. The van der Waals surface area contributed by atoms with Crippen molar-refractivity contribution in [1.82, 2.24) is 0 Å². The van der Waals surface area contributed by atoms with Crippen LogP contribution in [-0.2, 0) is 16.6 Å². The number of nitriles is 1. The molecular formula is C21H22N2O. The summed E-state index contributed by atoms with van der Waals surface area (Å²) in [7, 11) is 0. The third kappa shape index (κ3) is 5.10. The fourth-order valence-electron chi connectivity index (χ4n) is 2.25. The van der Waals surface area contributed by atoms with Gasteiger partial charge in [0.1, 0.15) is 0 Å². The van der Waals surface area contributed by atoms with Gasteiger partial charge in [0.25, 0.3) is 0 Å². The molecule has 0 radical (unpaired) electrons. The molecule has 122 valence electrons. The van der Waals surface area contributed by atoms with Gasteiger partial charge in [-0.1, -0.05) is 57.2 Å². The lowest BCUT2D eigenvalue weighted by Gasteiger charge is -2.18. The number of rotatable bonds is 4. The Morgan fingerprint density at radius 2 is 1.71 bits per heavy atom. The van der Waals surface area contributed by atoms with Crippen LogP contribution in [0, 0.1) is 11.3 Å². The predicted octanol–water partition coefficient (Wildman–Crippen LogP) is 4.70. The predicted molar refractivity (Wildman–Crippen MR) is 98.6 cm³/mol. The molecule has 2 aromatic rings. The molecule has 0 spiro atoms. The normalized spacial score (nSPS) is 11.2. The van der Waals surface area contributed by atoms with Crippen LogP contribution >= 0.6 is 0 Å². The fraction of sp³-hybridized carbons (Fsp3) is 0.238. The van der Waals surface area contributed by atoms with Crippen LogP contribution < -0.4 is 5.32 Å². The molecule has 1 amide bonds. The molecule has 0 aliphatic heterocycles. The second-order valence-corrected chi connectivity index (χ2v) is 6.73. The van der Waals surface area contributed by atoms with Gasteiger partial charge in [-0.05, 0) is 40.3 Å². The monoisotopic (exact) mass is 318 g/mol. The topological polar surface area (TPSA) is 52.9 Å². The quantitative estimate of drug-likeness (QED) is 0.831. The van der Waals surface area contributed by atoms with Crippen LogP contribution in [0.15, 0.2) is 54.6 Å². The Kier molecular flexibility index (Phi) is 5.55. The average Bonchev–Trinajstić information content (AvgIpc) is 2.55. The number of carbonyl (C=O) groups excluding carboxylic acids is 1. The minimum absolute atomic E-state index is 0.122. The van der Waals surface area contributed by atoms with Gasteiger partial charge in [0, 0.05) is 11.8 Å². The number of anilines is 1. The molecule has 1 N–H and O–H groups in total. The van der Waals surface area contributed by atoms with Crippen molar-refractivity contribution in [2.45, 2.75) is 32.6 Å². The first-order chi connectivity index (χ1) is 11.4. The zero-order valence-electron chi connectivity index (χ0n) is 14.3. The van der Waals surface area contributed by atoms with E-state index >= 15 is 0 Å². The molecule has 0 aliphatic rings. The minimum atomic E-state index is -0.178. The van der Waals surface area contributed by atoms with Gasteiger partial charge in [-0.15, -0.1) is 0 Å². The molecule has 0 bridgehead atoms. The molecule has 0 saturated heterocycles. The highest BCUT2D eigenvalue weighted by Crippen LogP contribution is 2.22. The van der Waals surface area contributed by atoms with Crippen molar-refractivity contribution in [2.75, 3.05) is 5.32 Å². The second-order valence-electron chi connectivity index (χ2n) is 6.73. The smallest absolute Gasteiger partial charge is 0.248 e. The Morgan fingerprint density at radius 3 is 2.25 bits per heavy atom. The molecule has 0 saturated carbocycles. The summed E-state index contributed by atoms with van der Waals surface area (Å²) in [6, 6.07) is 17.6. The Hall–Kier alpha value is -2.86. The first-order valence-electron chi connectivity index (χ1n) is 7.94. The van der Waals surface area contributed by atoms with Crippen LogP contribution in [0.3, 0.4) is 0 Å². The van der Waals surface area contributed by atoms with Crippen molar-refractivity contribution in [1.29, 1.82) is 5.26 Å². The molecule has 0 heterocycles. The first kappa shape index (κ1) is 17.5. The van der Waals surface area contributed by atoms with E-state index in [1.807, 2.05) is 24.3 Å². The van der Waals surface area contributed by atoms with Gasteiger partial charge >= 0.3 is 0 Å². The third-order valence-corrected chi connectivity index (χ3v) is 3.71. The van der Waals surface area contributed by atoms with Crippen molar-refractivity contribution in [3.8, 4) is 6.07 Å². The van der Waals surface area contributed by atoms with E-state index in [2.05, 4.69) is 44.3 Å². The van der Waals surface area contributed by atoms with Crippen LogP contribution in [0.4, 0.5) is 5.69 Å². The van der Waals surface area contributed by atoms with E-state index in [9.17, 15) is 4.79 Å². The van der Waals surface area contributed by atoms with E-state index in [1.165, 1.54) is 11.6 Å².